The minimum atomic E-state index is -1.48. The monoisotopic (exact) mass is 439 g/mol. The Morgan fingerprint density at radius 2 is 1.65 bits per heavy atom. The molecule has 1 aromatic rings. The van der Waals surface area contributed by atoms with Crippen molar-refractivity contribution in [3.8, 4) is 0 Å². The number of hydrogen-bond acceptors (Lipinski definition) is 11. The van der Waals surface area contributed by atoms with Crippen molar-refractivity contribution < 1.29 is 38.1 Å². The van der Waals surface area contributed by atoms with Crippen LogP contribution in [-0.4, -0.2) is 57.7 Å². The van der Waals surface area contributed by atoms with E-state index in [1.165, 1.54) is 12.3 Å². The molecule has 12 heteroatoms. The van der Waals surface area contributed by atoms with Gasteiger partial charge >= 0.3 is 23.6 Å². The van der Waals surface area contributed by atoms with Crippen LogP contribution in [0.4, 0.5) is 5.82 Å². The summed E-state index contributed by atoms with van der Waals surface area (Å²) in [5, 5.41) is 0. The molecule has 0 bridgehead atoms. The van der Waals surface area contributed by atoms with E-state index >= 15 is 0 Å². The number of carbonyl (C=O) groups excluding carboxylic acids is 4. The molecule has 31 heavy (non-hydrogen) atoms. The Morgan fingerprint density at radius 1 is 1.06 bits per heavy atom. The van der Waals surface area contributed by atoms with Gasteiger partial charge in [0, 0.05) is 32.9 Å². The molecule has 0 aromatic carbocycles. The highest BCUT2D eigenvalue weighted by molar-refractivity contribution is 5.87. The molecule has 2 N–H and O–H groups in total. The fourth-order valence-corrected chi connectivity index (χ4v) is 3.19. The lowest BCUT2D eigenvalue weighted by atomic mass is 9.95. The van der Waals surface area contributed by atoms with E-state index in [2.05, 4.69) is 4.98 Å². The number of rotatable bonds is 7. The van der Waals surface area contributed by atoms with Crippen molar-refractivity contribution in [3.63, 3.8) is 0 Å². The molecular weight excluding hydrogens is 414 g/mol. The summed E-state index contributed by atoms with van der Waals surface area (Å²) >= 11 is 0. The van der Waals surface area contributed by atoms with Crippen LogP contribution in [0, 0.1) is 5.92 Å². The summed E-state index contributed by atoms with van der Waals surface area (Å²) in [6, 6.07) is 1.31. The van der Waals surface area contributed by atoms with Crippen LogP contribution in [0.5, 0.6) is 0 Å². The third kappa shape index (κ3) is 5.66. The number of esters is 3. The van der Waals surface area contributed by atoms with Crippen molar-refractivity contribution >= 4 is 29.5 Å². The Balaban J connectivity index is 2.60. The first-order chi connectivity index (χ1) is 14.4. The molecule has 0 amide bonds. The maximum atomic E-state index is 12.8. The third-order valence-electron chi connectivity index (χ3n) is 4.40. The van der Waals surface area contributed by atoms with Gasteiger partial charge in [0.15, 0.2) is 30.3 Å². The average Bonchev–Trinajstić information content (AvgIpc) is 2.95. The van der Waals surface area contributed by atoms with Crippen molar-refractivity contribution in [1.82, 2.24) is 9.55 Å². The lowest BCUT2D eigenvalue weighted by molar-refractivity contribution is -0.174. The van der Waals surface area contributed by atoms with E-state index in [0.29, 0.717) is 0 Å². The summed E-state index contributed by atoms with van der Waals surface area (Å²) in [7, 11) is 0. The normalized spacial score (nSPS) is 23.8. The second-order valence-electron chi connectivity index (χ2n) is 7.27. The quantitative estimate of drug-likeness (QED) is 0.439. The van der Waals surface area contributed by atoms with Gasteiger partial charge in [0.2, 0.25) is 0 Å². The molecule has 0 saturated carbocycles. The predicted octanol–water partition coefficient (Wildman–Crippen LogP) is -0.257. The van der Waals surface area contributed by atoms with Crippen LogP contribution in [0.2, 0.25) is 0 Å². The van der Waals surface area contributed by atoms with Crippen LogP contribution in [-0.2, 0) is 38.1 Å². The Kier molecular flexibility index (Phi) is 7.50. The summed E-state index contributed by atoms with van der Waals surface area (Å²) in [5.41, 5.74) is 4.69. The summed E-state index contributed by atoms with van der Waals surface area (Å²) in [6.45, 7) is 6.50. The van der Waals surface area contributed by atoms with Crippen molar-refractivity contribution in [2.75, 3.05) is 5.73 Å². The van der Waals surface area contributed by atoms with Crippen LogP contribution >= 0.6 is 0 Å². The Hall–Kier alpha value is -3.28. The highest BCUT2D eigenvalue weighted by atomic mass is 16.7. The topological polar surface area (TPSA) is 166 Å². The molecule has 2 rings (SSSR count). The van der Waals surface area contributed by atoms with E-state index in [1.54, 1.807) is 13.8 Å². The first kappa shape index (κ1) is 24.0. The molecule has 0 spiro atoms. The number of aromatic nitrogens is 2. The number of nitrogen functional groups attached to an aromatic ring is 1. The number of ether oxygens (including phenoxy) is 4. The molecule has 0 aliphatic carbocycles. The lowest BCUT2D eigenvalue weighted by Crippen LogP contribution is -2.49. The van der Waals surface area contributed by atoms with Gasteiger partial charge in [-0.2, -0.15) is 4.98 Å². The molecule has 1 aromatic heterocycles. The summed E-state index contributed by atoms with van der Waals surface area (Å²) in [6.07, 6.45) is -5.62. The van der Waals surface area contributed by atoms with Crippen LogP contribution in [0.25, 0.3) is 0 Å². The fourth-order valence-electron chi connectivity index (χ4n) is 3.19. The second kappa shape index (κ2) is 9.69. The first-order valence-corrected chi connectivity index (χ1v) is 9.47. The van der Waals surface area contributed by atoms with Crippen molar-refractivity contribution in [1.29, 1.82) is 0 Å². The van der Waals surface area contributed by atoms with Gasteiger partial charge in [0.1, 0.15) is 11.9 Å². The maximum Gasteiger partial charge on any atom is 0.351 e. The average molecular weight is 439 g/mol. The molecule has 1 aliphatic rings. The minimum absolute atomic E-state index is 0.0517. The molecule has 1 aliphatic heterocycles. The number of carbonyl (C=O) groups is 4. The summed E-state index contributed by atoms with van der Waals surface area (Å²) in [4.78, 5) is 63.9. The highest BCUT2D eigenvalue weighted by Crippen LogP contribution is 2.36. The van der Waals surface area contributed by atoms with E-state index in [9.17, 15) is 24.0 Å². The molecule has 0 radical (unpaired) electrons. The number of hydrogen-bond donors (Lipinski definition) is 1. The van der Waals surface area contributed by atoms with E-state index in [1.807, 2.05) is 0 Å². The molecule has 1 unspecified atom stereocenters. The zero-order valence-electron chi connectivity index (χ0n) is 17.8. The fraction of sp³-hybridized carbons (Fsp3) is 0.579. The van der Waals surface area contributed by atoms with Crippen LogP contribution in [0.1, 0.15) is 40.8 Å². The number of nitrogens with two attached hydrogens (primary N) is 1. The van der Waals surface area contributed by atoms with Crippen LogP contribution in [0.3, 0.4) is 0 Å². The van der Waals surface area contributed by atoms with E-state index < -0.39 is 65.9 Å². The molecule has 1 fully saturated rings. The zero-order valence-corrected chi connectivity index (χ0v) is 17.8. The van der Waals surface area contributed by atoms with E-state index in [-0.39, 0.29) is 5.82 Å². The van der Waals surface area contributed by atoms with Gasteiger partial charge in [-0.25, -0.2) is 4.79 Å². The van der Waals surface area contributed by atoms with Gasteiger partial charge < -0.3 is 24.7 Å². The molecule has 170 valence electrons. The third-order valence-corrected chi connectivity index (χ3v) is 4.40. The highest BCUT2D eigenvalue weighted by Gasteiger charge is 2.55. The summed E-state index contributed by atoms with van der Waals surface area (Å²) < 4.78 is 22.6. The van der Waals surface area contributed by atoms with Gasteiger partial charge in [-0.1, -0.05) is 13.8 Å². The lowest BCUT2D eigenvalue weighted by Gasteiger charge is -2.27. The van der Waals surface area contributed by atoms with Crippen molar-refractivity contribution in [3.05, 3.63) is 22.7 Å². The molecule has 5 atom stereocenters. The van der Waals surface area contributed by atoms with Gasteiger partial charge in [0.05, 0.1) is 0 Å². The Labute approximate surface area is 177 Å². The van der Waals surface area contributed by atoms with Crippen LogP contribution in [0.15, 0.2) is 17.1 Å². The zero-order chi connectivity index (χ0) is 23.5. The second-order valence-corrected chi connectivity index (χ2v) is 7.27. The van der Waals surface area contributed by atoms with Crippen molar-refractivity contribution in [2.24, 2.45) is 5.92 Å². The van der Waals surface area contributed by atoms with Crippen LogP contribution < -0.4 is 11.4 Å². The van der Waals surface area contributed by atoms with E-state index in [0.717, 1.165) is 25.3 Å². The van der Waals surface area contributed by atoms with E-state index in [4.69, 9.17) is 24.7 Å². The summed E-state index contributed by atoms with van der Waals surface area (Å²) in [5.74, 6) is -3.43. The molecule has 1 saturated heterocycles. The molecule has 12 nitrogen and oxygen atoms in total. The Morgan fingerprint density at radius 3 is 2.13 bits per heavy atom. The number of Topliss-reactive ketones (excluding diaryl/α,β-unsaturated/α-hetero) is 1. The first-order valence-electron chi connectivity index (χ1n) is 9.47. The minimum Gasteiger partial charge on any atom is -0.455 e. The molecular formula is C19H25N3O9. The van der Waals surface area contributed by atoms with Gasteiger partial charge in [-0.15, -0.1) is 0 Å². The van der Waals surface area contributed by atoms with Gasteiger partial charge in [-0.3, -0.25) is 23.7 Å². The van der Waals surface area contributed by atoms with Gasteiger partial charge in [0.25, 0.3) is 0 Å². The van der Waals surface area contributed by atoms with Crippen molar-refractivity contribution in [2.45, 2.75) is 65.3 Å². The van der Waals surface area contributed by atoms with Gasteiger partial charge in [-0.05, 0) is 6.07 Å². The number of nitrogens with zero attached hydrogens (tertiary/aromatic N) is 2. The largest absolute Gasteiger partial charge is 0.455 e. The Bertz CT molecular complexity index is 926. The SMILES string of the molecule is CC(=O)OC(C(=O)C(C)C)[C@H]1O[C@@H](n2ccc(N)nc2=O)[C@H](OC(C)=O)[C@@H]1OC(C)=O. The maximum absolute atomic E-state index is 12.8. The predicted molar refractivity (Wildman–Crippen MR) is 103 cm³/mol. The standard InChI is InChI=1S/C19H25N3O9/c1-8(2)13(26)14(28-9(3)23)15-16(29-10(4)24)17(30-11(5)25)18(31-15)22-7-6-12(20)21-19(22)27/h6-8,14-18H,1-5H3,(H2,20,21,27)/t14?,15-,16-,17-,18-/m1/s1. The number of ketones is 1. The molecule has 2 heterocycles. The smallest absolute Gasteiger partial charge is 0.351 e. The number of anilines is 1.